The normalized spacial score (nSPS) is 10.7. The smallest absolute Gasteiger partial charge is 0.298 e. The van der Waals surface area contributed by atoms with Crippen molar-refractivity contribution < 1.29 is 18.1 Å². The van der Waals surface area contributed by atoms with Crippen molar-refractivity contribution in [2.75, 3.05) is 5.32 Å². The molecule has 3 aromatic rings. The van der Waals surface area contributed by atoms with Crippen molar-refractivity contribution in [3.8, 4) is 11.1 Å². The van der Waals surface area contributed by atoms with Gasteiger partial charge in [0.2, 0.25) is 0 Å². The summed E-state index contributed by atoms with van der Waals surface area (Å²) in [5, 5.41) is 13.7. The fourth-order valence-corrected chi connectivity index (χ4v) is 2.79. The first-order chi connectivity index (χ1) is 12.8. The first-order valence-corrected chi connectivity index (χ1v) is 7.83. The van der Waals surface area contributed by atoms with Crippen molar-refractivity contribution in [1.82, 2.24) is 9.97 Å². The van der Waals surface area contributed by atoms with Gasteiger partial charge < -0.3 is 5.32 Å². The van der Waals surface area contributed by atoms with Crippen LogP contribution in [0.4, 0.5) is 30.4 Å². The van der Waals surface area contributed by atoms with Crippen molar-refractivity contribution in [1.29, 1.82) is 0 Å². The maximum atomic E-state index is 14.2. The molecular weight excluding hydrogens is 385 g/mol. The molecular formula is C17H10ClF3N4O2. The molecule has 1 aromatic heterocycles. The Kier molecular flexibility index (Phi) is 4.95. The Labute approximate surface area is 155 Å². The molecule has 0 bridgehead atoms. The number of aromatic nitrogens is 2. The monoisotopic (exact) mass is 394 g/mol. The summed E-state index contributed by atoms with van der Waals surface area (Å²) in [6.07, 6.45) is 1.16. The molecule has 0 aliphatic heterocycles. The van der Waals surface area contributed by atoms with Crippen LogP contribution in [0.5, 0.6) is 0 Å². The van der Waals surface area contributed by atoms with E-state index in [1.54, 1.807) is 6.92 Å². The topological polar surface area (TPSA) is 81.0 Å². The Morgan fingerprint density at radius 3 is 2.52 bits per heavy atom. The van der Waals surface area contributed by atoms with E-state index in [0.717, 1.165) is 12.4 Å². The van der Waals surface area contributed by atoms with E-state index in [2.05, 4.69) is 15.3 Å². The van der Waals surface area contributed by atoms with Gasteiger partial charge >= 0.3 is 0 Å². The number of nitrogens with one attached hydrogen (secondary N) is 1. The minimum atomic E-state index is -1.17. The van der Waals surface area contributed by atoms with Crippen molar-refractivity contribution in [2.24, 2.45) is 0 Å². The third-order valence-corrected chi connectivity index (χ3v) is 4.02. The minimum Gasteiger partial charge on any atom is -0.332 e. The van der Waals surface area contributed by atoms with Crippen LogP contribution in [0, 0.1) is 34.5 Å². The summed E-state index contributed by atoms with van der Waals surface area (Å²) in [5.41, 5.74) is -0.338. The van der Waals surface area contributed by atoms with E-state index in [-0.39, 0.29) is 10.8 Å². The molecule has 3 rings (SSSR count). The molecule has 0 saturated heterocycles. The molecule has 0 radical (unpaired) electrons. The van der Waals surface area contributed by atoms with Gasteiger partial charge in [-0.25, -0.2) is 23.1 Å². The Bertz CT molecular complexity index is 1060. The molecule has 10 heteroatoms. The number of nitro groups is 1. The average Bonchev–Trinajstić information content (AvgIpc) is 2.58. The maximum Gasteiger partial charge on any atom is 0.298 e. The standard InChI is InChI=1S/C17H10ClF3N4O2/c1-8-15(11-3-2-9(19)4-12(11)18)17(23-7-22-8)24-16-13(21)5-10(20)6-14(16)25(26)27/h2-7H,1H3,(H,22,23,24). The molecule has 0 unspecified atom stereocenters. The third-order valence-electron chi connectivity index (χ3n) is 3.71. The van der Waals surface area contributed by atoms with Gasteiger partial charge in [-0.15, -0.1) is 0 Å². The van der Waals surface area contributed by atoms with Crippen LogP contribution in [0.2, 0.25) is 5.02 Å². The third kappa shape index (κ3) is 3.68. The number of hydrogen-bond acceptors (Lipinski definition) is 5. The number of rotatable bonds is 4. The molecule has 1 heterocycles. The zero-order valence-electron chi connectivity index (χ0n) is 13.6. The second-order valence-corrected chi connectivity index (χ2v) is 5.88. The van der Waals surface area contributed by atoms with Crippen LogP contribution in [0.25, 0.3) is 11.1 Å². The summed E-state index contributed by atoms with van der Waals surface area (Å²) in [5.74, 6) is -2.84. The quantitative estimate of drug-likeness (QED) is 0.487. The second kappa shape index (κ2) is 7.20. The summed E-state index contributed by atoms with van der Waals surface area (Å²) in [7, 11) is 0. The largest absolute Gasteiger partial charge is 0.332 e. The van der Waals surface area contributed by atoms with E-state index in [9.17, 15) is 23.3 Å². The van der Waals surface area contributed by atoms with E-state index in [1.807, 2.05) is 0 Å². The first-order valence-electron chi connectivity index (χ1n) is 7.45. The molecule has 0 atom stereocenters. The Hall–Kier alpha value is -3.20. The van der Waals surface area contributed by atoms with Gasteiger partial charge in [0, 0.05) is 17.2 Å². The van der Waals surface area contributed by atoms with Gasteiger partial charge in [-0.05, 0) is 25.1 Å². The fraction of sp³-hybridized carbons (Fsp3) is 0.0588. The predicted molar refractivity (Wildman–Crippen MR) is 93.5 cm³/mol. The van der Waals surface area contributed by atoms with Gasteiger partial charge in [-0.1, -0.05) is 11.6 Å². The van der Waals surface area contributed by atoms with Crippen LogP contribution >= 0.6 is 11.6 Å². The van der Waals surface area contributed by atoms with Crippen LogP contribution < -0.4 is 5.32 Å². The van der Waals surface area contributed by atoms with Gasteiger partial charge in [0.15, 0.2) is 11.5 Å². The van der Waals surface area contributed by atoms with E-state index in [1.165, 1.54) is 12.1 Å². The number of benzene rings is 2. The SMILES string of the molecule is Cc1ncnc(Nc2c(F)cc(F)cc2[N+](=O)[O-])c1-c1ccc(F)cc1Cl. The fourth-order valence-electron chi connectivity index (χ4n) is 2.53. The molecule has 0 amide bonds. The lowest BCUT2D eigenvalue weighted by atomic mass is 10.0. The number of hydrogen-bond donors (Lipinski definition) is 1. The van der Waals surface area contributed by atoms with Crippen LogP contribution in [0.3, 0.4) is 0 Å². The van der Waals surface area contributed by atoms with Gasteiger partial charge in [0.1, 0.15) is 23.8 Å². The minimum absolute atomic E-state index is 0.00961. The Morgan fingerprint density at radius 2 is 1.85 bits per heavy atom. The zero-order valence-corrected chi connectivity index (χ0v) is 14.4. The van der Waals surface area contributed by atoms with Crippen LogP contribution in [0.1, 0.15) is 5.69 Å². The summed E-state index contributed by atoms with van der Waals surface area (Å²) in [6, 6.07) is 4.72. The highest BCUT2D eigenvalue weighted by molar-refractivity contribution is 6.33. The Balaban J connectivity index is 2.18. The van der Waals surface area contributed by atoms with Crippen LogP contribution in [-0.4, -0.2) is 14.9 Å². The Morgan fingerprint density at radius 1 is 1.11 bits per heavy atom. The molecule has 0 spiro atoms. The number of halogens is 4. The molecule has 6 nitrogen and oxygen atoms in total. The lowest BCUT2D eigenvalue weighted by molar-refractivity contribution is -0.384. The maximum absolute atomic E-state index is 14.2. The number of aryl methyl sites for hydroxylation is 1. The lowest BCUT2D eigenvalue weighted by Gasteiger charge is -2.14. The number of nitrogens with zero attached hydrogens (tertiary/aromatic N) is 3. The molecule has 0 fully saturated rings. The van der Waals surface area contributed by atoms with Gasteiger partial charge in [0.25, 0.3) is 5.69 Å². The molecule has 138 valence electrons. The van der Waals surface area contributed by atoms with Crippen molar-refractivity contribution in [2.45, 2.75) is 6.92 Å². The first kappa shape index (κ1) is 18.6. The number of anilines is 2. The lowest BCUT2D eigenvalue weighted by Crippen LogP contribution is -2.05. The summed E-state index contributed by atoms with van der Waals surface area (Å²) in [6.45, 7) is 1.61. The van der Waals surface area contributed by atoms with Gasteiger partial charge in [0.05, 0.1) is 21.7 Å². The van der Waals surface area contributed by atoms with E-state index in [0.29, 0.717) is 29.0 Å². The van der Waals surface area contributed by atoms with Crippen molar-refractivity contribution in [3.63, 3.8) is 0 Å². The molecule has 0 aliphatic carbocycles. The second-order valence-electron chi connectivity index (χ2n) is 5.47. The van der Waals surface area contributed by atoms with E-state index >= 15 is 0 Å². The molecule has 0 aliphatic rings. The van der Waals surface area contributed by atoms with Gasteiger partial charge in [-0.3, -0.25) is 10.1 Å². The highest BCUT2D eigenvalue weighted by atomic mass is 35.5. The van der Waals surface area contributed by atoms with Gasteiger partial charge in [-0.2, -0.15) is 0 Å². The van der Waals surface area contributed by atoms with Crippen molar-refractivity contribution >= 4 is 28.8 Å². The highest BCUT2D eigenvalue weighted by Crippen LogP contribution is 2.38. The van der Waals surface area contributed by atoms with E-state index < -0.39 is 33.7 Å². The van der Waals surface area contributed by atoms with Crippen molar-refractivity contribution in [3.05, 3.63) is 74.9 Å². The summed E-state index contributed by atoms with van der Waals surface area (Å²) >= 11 is 6.09. The predicted octanol–water partition coefficient (Wildman–Crippen LogP) is 5.17. The average molecular weight is 395 g/mol. The van der Waals surface area contributed by atoms with E-state index in [4.69, 9.17) is 11.6 Å². The van der Waals surface area contributed by atoms with Crippen LogP contribution in [0.15, 0.2) is 36.7 Å². The molecule has 1 N–H and O–H groups in total. The highest BCUT2D eigenvalue weighted by Gasteiger charge is 2.23. The zero-order chi connectivity index (χ0) is 19.7. The molecule has 27 heavy (non-hydrogen) atoms. The number of nitro benzene ring substituents is 1. The molecule has 0 saturated carbocycles. The molecule has 2 aromatic carbocycles. The van der Waals surface area contributed by atoms with Crippen LogP contribution in [-0.2, 0) is 0 Å². The summed E-state index contributed by atoms with van der Waals surface area (Å²) in [4.78, 5) is 18.2. The summed E-state index contributed by atoms with van der Waals surface area (Å²) < 4.78 is 40.9.